The molecule has 98 valence electrons. The molecule has 2 amide bonds. The molecule has 18 heavy (non-hydrogen) atoms. The van der Waals surface area contributed by atoms with Gasteiger partial charge in [0.05, 0.1) is 16.6 Å². The van der Waals surface area contributed by atoms with E-state index in [0.717, 1.165) is 0 Å². The molecular formula is C10H7ClF4N2O. The molecule has 0 spiro atoms. The van der Waals surface area contributed by atoms with E-state index in [0.29, 0.717) is 12.1 Å². The third kappa shape index (κ3) is 2.35. The van der Waals surface area contributed by atoms with Crippen LogP contribution in [0.5, 0.6) is 0 Å². The monoisotopic (exact) mass is 282 g/mol. The minimum atomic E-state index is -4.62. The van der Waals surface area contributed by atoms with E-state index in [9.17, 15) is 22.4 Å². The number of carbonyl (C=O) groups is 1. The second-order valence-corrected chi connectivity index (χ2v) is 4.17. The zero-order chi connectivity index (χ0) is 13.5. The van der Waals surface area contributed by atoms with Gasteiger partial charge in [-0.3, -0.25) is 0 Å². The van der Waals surface area contributed by atoms with Crippen molar-refractivity contribution in [3.63, 3.8) is 0 Å². The third-order valence-electron chi connectivity index (χ3n) is 2.53. The van der Waals surface area contributed by atoms with Gasteiger partial charge in [-0.1, -0.05) is 11.6 Å². The first-order chi connectivity index (χ1) is 8.29. The number of amides is 2. The molecule has 2 N–H and O–H groups in total. The molecule has 1 aromatic rings. The fourth-order valence-corrected chi connectivity index (χ4v) is 1.90. The van der Waals surface area contributed by atoms with E-state index in [1.54, 1.807) is 0 Å². The average Bonchev–Trinajstić information content (AvgIpc) is 2.67. The summed E-state index contributed by atoms with van der Waals surface area (Å²) in [5.74, 6) is -0.960. The molecule has 1 aliphatic rings. The largest absolute Gasteiger partial charge is 0.416 e. The number of halogens is 5. The number of hydrogen-bond donors (Lipinski definition) is 2. The summed E-state index contributed by atoms with van der Waals surface area (Å²) < 4.78 is 51.3. The lowest BCUT2D eigenvalue weighted by molar-refractivity contribution is -0.137. The van der Waals surface area contributed by atoms with Gasteiger partial charge in [0.1, 0.15) is 5.82 Å². The molecule has 1 aliphatic heterocycles. The van der Waals surface area contributed by atoms with E-state index in [4.69, 9.17) is 11.6 Å². The highest BCUT2D eigenvalue weighted by molar-refractivity contribution is 6.30. The van der Waals surface area contributed by atoms with Crippen molar-refractivity contribution in [2.75, 3.05) is 6.54 Å². The molecule has 0 bridgehead atoms. The Kier molecular flexibility index (Phi) is 3.10. The Morgan fingerprint density at radius 2 is 2.00 bits per heavy atom. The Bertz CT molecular complexity index is 503. The summed E-state index contributed by atoms with van der Waals surface area (Å²) in [7, 11) is 0. The molecule has 1 fully saturated rings. The van der Waals surface area contributed by atoms with Crippen LogP contribution < -0.4 is 10.6 Å². The van der Waals surface area contributed by atoms with Gasteiger partial charge in [-0.2, -0.15) is 13.2 Å². The summed E-state index contributed by atoms with van der Waals surface area (Å²) in [4.78, 5) is 10.9. The number of hydrogen-bond acceptors (Lipinski definition) is 1. The van der Waals surface area contributed by atoms with E-state index in [1.165, 1.54) is 0 Å². The predicted molar refractivity (Wildman–Crippen MR) is 55.7 cm³/mol. The highest BCUT2D eigenvalue weighted by Gasteiger charge is 2.34. The molecule has 3 nitrogen and oxygen atoms in total. The van der Waals surface area contributed by atoms with Crippen LogP contribution >= 0.6 is 11.6 Å². The maximum Gasteiger partial charge on any atom is 0.416 e. The number of rotatable bonds is 1. The molecule has 0 aromatic heterocycles. The van der Waals surface area contributed by atoms with Gasteiger partial charge >= 0.3 is 12.2 Å². The normalized spacial score (nSPS) is 19.6. The Morgan fingerprint density at radius 3 is 2.50 bits per heavy atom. The van der Waals surface area contributed by atoms with Crippen LogP contribution in [0.25, 0.3) is 0 Å². The lowest BCUT2D eigenvalue weighted by Gasteiger charge is -2.15. The van der Waals surface area contributed by atoms with Crippen LogP contribution in [0.3, 0.4) is 0 Å². The zero-order valence-corrected chi connectivity index (χ0v) is 9.49. The van der Waals surface area contributed by atoms with Gasteiger partial charge in [0, 0.05) is 12.1 Å². The van der Waals surface area contributed by atoms with Crippen molar-refractivity contribution in [3.05, 3.63) is 34.1 Å². The highest BCUT2D eigenvalue weighted by atomic mass is 35.5. The molecule has 1 saturated heterocycles. The van der Waals surface area contributed by atoms with Crippen LogP contribution in [-0.4, -0.2) is 12.6 Å². The first-order valence-corrected chi connectivity index (χ1v) is 5.27. The first kappa shape index (κ1) is 12.9. The summed E-state index contributed by atoms with van der Waals surface area (Å²) >= 11 is 5.43. The molecule has 2 rings (SSSR count). The van der Waals surface area contributed by atoms with Crippen molar-refractivity contribution in [2.24, 2.45) is 0 Å². The summed E-state index contributed by atoms with van der Waals surface area (Å²) in [6, 6.07) is -0.255. The molecule has 0 unspecified atom stereocenters. The van der Waals surface area contributed by atoms with Crippen molar-refractivity contribution in [1.82, 2.24) is 10.6 Å². The minimum absolute atomic E-state index is 0.00733. The second-order valence-electron chi connectivity index (χ2n) is 3.77. The SMILES string of the molecule is O=C1NC[C@H](c2cc(C(F)(F)F)cc(Cl)c2F)N1. The van der Waals surface area contributed by atoms with Crippen LogP contribution in [-0.2, 0) is 6.18 Å². The summed E-state index contributed by atoms with van der Waals surface area (Å²) in [5.41, 5.74) is -1.33. The maximum absolute atomic E-state index is 13.7. The van der Waals surface area contributed by atoms with Crippen molar-refractivity contribution < 1.29 is 22.4 Å². The lowest BCUT2D eigenvalue weighted by Crippen LogP contribution is -2.22. The van der Waals surface area contributed by atoms with E-state index < -0.39 is 34.7 Å². The van der Waals surface area contributed by atoms with Crippen molar-refractivity contribution in [2.45, 2.75) is 12.2 Å². The molecule has 0 aliphatic carbocycles. The summed E-state index contributed by atoms with van der Waals surface area (Å²) in [6.07, 6.45) is -4.62. The Hall–Kier alpha value is -1.50. The maximum atomic E-state index is 13.7. The number of alkyl halides is 3. The van der Waals surface area contributed by atoms with Crippen LogP contribution in [0.15, 0.2) is 12.1 Å². The third-order valence-corrected chi connectivity index (χ3v) is 2.81. The Labute approximate surface area is 104 Å². The fourth-order valence-electron chi connectivity index (χ4n) is 1.67. The van der Waals surface area contributed by atoms with Crippen LogP contribution in [0.2, 0.25) is 5.02 Å². The van der Waals surface area contributed by atoms with E-state index in [1.807, 2.05) is 0 Å². The van der Waals surface area contributed by atoms with Gasteiger partial charge in [-0.05, 0) is 12.1 Å². The number of nitrogens with one attached hydrogen (secondary N) is 2. The van der Waals surface area contributed by atoms with Gasteiger partial charge in [0.25, 0.3) is 0 Å². The van der Waals surface area contributed by atoms with Crippen LogP contribution in [0, 0.1) is 5.82 Å². The zero-order valence-electron chi connectivity index (χ0n) is 8.74. The van der Waals surface area contributed by atoms with Crippen LogP contribution in [0.1, 0.15) is 17.2 Å². The lowest BCUT2D eigenvalue weighted by atomic mass is 10.0. The standard InChI is InChI=1S/C10H7ClF4N2O/c11-6-2-4(10(13,14)15)1-5(8(6)12)7-3-16-9(18)17-7/h1-2,7H,3H2,(H2,16,17,18)/t7-/m1/s1. The fraction of sp³-hybridized carbons (Fsp3) is 0.300. The van der Waals surface area contributed by atoms with Crippen molar-refractivity contribution >= 4 is 17.6 Å². The highest BCUT2D eigenvalue weighted by Crippen LogP contribution is 2.35. The van der Waals surface area contributed by atoms with E-state index in [-0.39, 0.29) is 12.1 Å². The molecule has 0 saturated carbocycles. The summed E-state index contributed by atoms with van der Waals surface area (Å²) in [5, 5.41) is 4.01. The Balaban J connectivity index is 2.46. The molecular weight excluding hydrogens is 276 g/mol. The molecule has 1 heterocycles. The van der Waals surface area contributed by atoms with Gasteiger partial charge in [-0.25, -0.2) is 9.18 Å². The smallest absolute Gasteiger partial charge is 0.336 e. The number of carbonyl (C=O) groups excluding carboxylic acids is 1. The first-order valence-electron chi connectivity index (χ1n) is 4.89. The molecule has 1 aromatic carbocycles. The minimum Gasteiger partial charge on any atom is -0.336 e. The molecule has 8 heteroatoms. The quantitative estimate of drug-likeness (QED) is 0.764. The summed E-state index contributed by atoms with van der Waals surface area (Å²) in [6.45, 7) is 0.00733. The van der Waals surface area contributed by atoms with Crippen LogP contribution in [0.4, 0.5) is 22.4 Å². The molecule has 1 atom stereocenters. The van der Waals surface area contributed by atoms with Crippen molar-refractivity contribution in [3.8, 4) is 0 Å². The van der Waals surface area contributed by atoms with Gasteiger partial charge < -0.3 is 10.6 Å². The number of benzene rings is 1. The van der Waals surface area contributed by atoms with Gasteiger partial charge in [0.15, 0.2) is 0 Å². The van der Waals surface area contributed by atoms with E-state index >= 15 is 0 Å². The second kappa shape index (κ2) is 4.31. The molecule has 0 radical (unpaired) electrons. The van der Waals surface area contributed by atoms with Gasteiger partial charge in [-0.15, -0.1) is 0 Å². The van der Waals surface area contributed by atoms with Crippen molar-refractivity contribution in [1.29, 1.82) is 0 Å². The number of urea groups is 1. The topological polar surface area (TPSA) is 41.1 Å². The Morgan fingerprint density at radius 1 is 1.33 bits per heavy atom. The average molecular weight is 283 g/mol. The van der Waals surface area contributed by atoms with E-state index in [2.05, 4.69) is 10.6 Å². The predicted octanol–water partition coefficient (Wildman–Crippen LogP) is 2.85. The van der Waals surface area contributed by atoms with Gasteiger partial charge in [0.2, 0.25) is 0 Å².